The Morgan fingerprint density at radius 3 is 3.07 bits per heavy atom. The second-order valence-corrected chi connectivity index (χ2v) is 4.28. The van der Waals surface area contributed by atoms with Crippen molar-refractivity contribution in [2.24, 2.45) is 0 Å². The van der Waals surface area contributed by atoms with Crippen molar-refractivity contribution in [3.05, 3.63) is 41.2 Å². The van der Waals surface area contributed by atoms with E-state index in [-0.39, 0.29) is 0 Å². The molecule has 2 aromatic heterocycles. The predicted octanol–water partition coefficient (Wildman–Crippen LogP) is 3.32. The van der Waals surface area contributed by atoms with Gasteiger partial charge in [-0.15, -0.1) is 0 Å². The zero-order valence-electron chi connectivity index (χ0n) is 8.11. The van der Waals surface area contributed by atoms with Gasteiger partial charge in [0.2, 0.25) is 0 Å². The lowest BCUT2D eigenvalue weighted by Crippen LogP contribution is -1.90. The Morgan fingerprint density at radius 2 is 2.33 bits per heavy atom. The van der Waals surface area contributed by atoms with Crippen molar-refractivity contribution in [2.45, 2.75) is 17.7 Å². The van der Waals surface area contributed by atoms with Gasteiger partial charge in [-0.1, -0.05) is 23.4 Å². The van der Waals surface area contributed by atoms with Crippen molar-refractivity contribution in [1.29, 1.82) is 0 Å². The monoisotopic (exact) mass is 240 g/mol. The van der Waals surface area contributed by atoms with Crippen LogP contribution >= 0.6 is 23.4 Å². The van der Waals surface area contributed by atoms with E-state index in [0.29, 0.717) is 5.15 Å². The second-order valence-electron chi connectivity index (χ2n) is 2.96. The lowest BCUT2D eigenvalue weighted by molar-refractivity contribution is 0.530. The van der Waals surface area contributed by atoms with E-state index < -0.39 is 0 Å². The minimum Gasteiger partial charge on any atom is -0.468 e. The van der Waals surface area contributed by atoms with Gasteiger partial charge in [-0.3, -0.25) is 0 Å². The molecule has 0 fully saturated rings. The fraction of sp³-hybridized carbons (Fsp3) is 0.200. The van der Waals surface area contributed by atoms with Crippen LogP contribution in [0.25, 0.3) is 0 Å². The summed E-state index contributed by atoms with van der Waals surface area (Å²) >= 11 is 7.48. The van der Waals surface area contributed by atoms with E-state index in [1.807, 2.05) is 19.1 Å². The van der Waals surface area contributed by atoms with Crippen LogP contribution in [0.2, 0.25) is 5.15 Å². The first-order valence-electron chi connectivity index (χ1n) is 4.39. The van der Waals surface area contributed by atoms with E-state index in [9.17, 15) is 0 Å². The third-order valence-electron chi connectivity index (χ3n) is 1.91. The number of thioether (sulfide) groups is 1. The van der Waals surface area contributed by atoms with Crippen molar-refractivity contribution < 1.29 is 4.42 Å². The SMILES string of the molecule is Cc1c(Cl)ncnc1SCc1ccco1. The average molecular weight is 241 g/mol. The molecule has 0 N–H and O–H groups in total. The summed E-state index contributed by atoms with van der Waals surface area (Å²) in [6.45, 7) is 1.91. The summed E-state index contributed by atoms with van der Waals surface area (Å²) in [6.07, 6.45) is 3.13. The van der Waals surface area contributed by atoms with Crippen LogP contribution in [0, 0.1) is 6.92 Å². The van der Waals surface area contributed by atoms with Gasteiger partial charge < -0.3 is 4.42 Å². The lowest BCUT2D eigenvalue weighted by atomic mass is 10.4. The summed E-state index contributed by atoms with van der Waals surface area (Å²) in [4.78, 5) is 8.07. The first kappa shape index (κ1) is 10.5. The molecule has 2 aromatic rings. The van der Waals surface area contributed by atoms with E-state index in [0.717, 1.165) is 22.1 Å². The molecule has 78 valence electrons. The molecule has 0 aromatic carbocycles. The van der Waals surface area contributed by atoms with Gasteiger partial charge in [0.15, 0.2) is 0 Å². The summed E-state index contributed by atoms with van der Waals surface area (Å²) in [5, 5.41) is 1.40. The molecule has 0 radical (unpaired) electrons. The van der Waals surface area contributed by atoms with E-state index in [2.05, 4.69) is 9.97 Å². The maximum absolute atomic E-state index is 5.89. The summed E-state index contributed by atoms with van der Waals surface area (Å²) in [5.74, 6) is 1.68. The Morgan fingerprint density at radius 1 is 1.47 bits per heavy atom. The number of furan rings is 1. The highest BCUT2D eigenvalue weighted by atomic mass is 35.5. The lowest BCUT2D eigenvalue weighted by Gasteiger charge is -2.03. The summed E-state index contributed by atoms with van der Waals surface area (Å²) in [6, 6.07) is 3.81. The number of hydrogen-bond donors (Lipinski definition) is 0. The number of hydrogen-bond acceptors (Lipinski definition) is 4. The van der Waals surface area contributed by atoms with Crippen LogP contribution in [-0.2, 0) is 5.75 Å². The van der Waals surface area contributed by atoms with E-state index >= 15 is 0 Å². The zero-order valence-corrected chi connectivity index (χ0v) is 9.68. The molecule has 0 saturated carbocycles. The fourth-order valence-corrected chi connectivity index (χ4v) is 2.16. The molecular weight excluding hydrogens is 232 g/mol. The highest BCUT2D eigenvalue weighted by molar-refractivity contribution is 7.98. The van der Waals surface area contributed by atoms with E-state index in [1.54, 1.807) is 18.0 Å². The zero-order chi connectivity index (χ0) is 10.7. The van der Waals surface area contributed by atoms with Crippen LogP contribution in [0.5, 0.6) is 0 Å². The van der Waals surface area contributed by atoms with Crippen LogP contribution in [0.1, 0.15) is 11.3 Å². The van der Waals surface area contributed by atoms with Crippen LogP contribution in [0.4, 0.5) is 0 Å². The maximum Gasteiger partial charge on any atom is 0.136 e. The van der Waals surface area contributed by atoms with E-state index in [4.69, 9.17) is 16.0 Å². The molecule has 0 aliphatic rings. The van der Waals surface area contributed by atoms with Crippen LogP contribution in [0.3, 0.4) is 0 Å². The first-order chi connectivity index (χ1) is 7.27. The molecule has 0 amide bonds. The van der Waals surface area contributed by atoms with Gasteiger partial charge >= 0.3 is 0 Å². The van der Waals surface area contributed by atoms with Gasteiger partial charge in [-0.2, -0.15) is 0 Å². The van der Waals surface area contributed by atoms with Crippen molar-refractivity contribution in [1.82, 2.24) is 9.97 Å². The predicted molar refractivity (Wildman–Crippen MR) is 60.0 cm³/mol. The van der Waals surface area contributed by atoms with Gasteiger partial charge in [0.25, 0.3) is 0 Å². The molecule has 2 rings (SSSR count). The summed E-state index contributed by atoms with van der Waals surface area (Å²) in [5.41, 5.74) is 0.913. The molecule has 0 aliphatic heterocycles. The van der Waals surface area contributed by atoms with Gasteiger partial charge in [0, 0.05) is 5.56 Å². The third-order valence-corrected chi connectivity index (χ3v) is 3.40. The molecule has 0 spiro atoms. The normalized spacial score (nSPS) is 10.5. The van der Waals surface area contributed by atoms with Gasteiger partial charge in [-0.05, 0) is 19.1 Å². The van der Waals surface area contributed by atoms with Crippen molar-refractivity contribution in [2.75, 3.05) is 0 Å². The van der Waals surface area contributed by atoms with Crippen molar-refractivity contribution in [3.8, 4) is 0 Å². The second kappa shape index (κ2) is 4.68. The Kier molecular flexibility index (Phi) is 3.28. The Labute approximate surface area is 96.9 Å². The molecule has 0 atom stereocenters. The Bertz CT molecular complexity index is 445. The molecular formula is C10H9ClN2OS. The van der Waals surface area contributed by atoms with Gasteiger partial charge in [0.1, 0.15) is 22.3 Å². The van der Waals surface area contributed by atoms with Crippen LogP contribution < -0.4 is 0 Å². The number of rotatable bonds is 3. The average Bonchev–Trinajstić information content (AvgIpc) is 2.73. The third kappa shape index (κ3) is 2.52. The summed E-state index contributed by atoms with van der Waals surface area (Å²) < 4.78 is 5.23. The molecule has 2 heterocycles. The molecule has 3 nitrogen and oxygen atoms in total. The molecule has 15 heavy (non-hydrogen) atoms. The molecule has 5 heteroatoms. The van der Waals surface area contributed by atoms with Crippen molar-refractivity contribution in [3.63, 3.8) is 0 Å². The first-order valence-corrected chi connectivity index (χ1v) is 5.76. The topological polar surface area (TPSA) is 38.9 Å². The smallest absolute Gasteiger partial charge is 0.136 e. The molecule has 0 aliphatic carbocycles. The Hall–Kier alpha value is -1.00. The van der Waals surface area contributed by atoms with E-state index in [1.165, 1.54) is 6.33 Å². The van der Waals surface area contributed by atoms with Crippen LogP contribution in [-0.4, -0.2) is 9.97 Å². The maximum atomic E-state index is 5.89. The Balaban J connectivity index is 2.08. The number of nitrogens with zero attached hydrogens (tertiary/aromatic N) is 2. The fourth-order valence-electron chi connectivity index (χ4n) is 1.09. The summed E-state index contributed by atoms with van der Waals surface area (Å²) in [7, 11) is 0. The highest BCUT2D eigenvalue weighted by Gasteiger charge is 2.06. The minimum atomic E-state index is 0.506. The van der Waals surface area contributed by atoms with Gasteiger partial charge in [-0.25, -0.2) is 9.97 Å². The highest BCUT2D eigenvalue weighted by Crippen LogP contribution is 2.26. The standard InChI is InChI=1S/C10H9ClN2OS/c1-7-9(11)12-6-13-10(7)15-5-8-3-2-4-14-8/h2-4,6H,5H2,1H3. The van der Waals surface area contributed by atoms with Crippen LogP contribution in [0.15, 0.2) is 34.2 Å². The quantitative estimate of drug-likeness (QED) is 0.609. The largest absolute Gasteiger partial charge is 0.468 e. The number of aromatic nitrogens is 2. The molecule has 0 saturated heterocycles. The van der Waals surface area contributed by atoms with Gasteiger partial charge in [0.05, 0.1) is 12.0 Å². The minimum absolute atomic E-state index is 0.506. The molecule has 0 unspecified atom stereocenters. The molecule has 0 bridgehead atoms. The van der Waals surface area contributed by atoms with Crippen molar-refractivity contribution >= 4 is 23.4 Å². The number of halogens is 1.